The molecule has 2 rings (SSSR count). The number of nitro groups is 1. The standard InChI is InChI=1S/C11H15N3O4S2/c12-10-8-9(2-3-11(10)14(15)16)20(17,18)13-4-1-6-19-7-5-13/h2-3,8H,1,4-7,12H2. The Labute approximate surface area is 121 Å². The van der Waals surface area contributed by atoms with Crippen LogP contribution in [0.5, 0.6) is 0 Å². The lowest BCUT2D eigenvalue weighted by atomic mass is 10.3. The lowest BCUT2D eigenvalue weighted by Crippen LogP contribution is -2.33. The molecule has 0 bridgehead atoms. The molecule has 0 unspecified atom stereocenters. The highest BCUT2D eigenvalue weighted by atomic mass is 32.2. The van der Waals surface area contributed by atoms with Crippen molar-refractivity contribution in [2.24, 2.45) is 0 Å². The zero-order valence-electron chi connectivity index (χ0n) is 10.7. The van der Waals surface area contributed by atoms with E-state index in [1.165, 1.54) is 10.4 Å². The van der Waals surface area contributed by atoms with Crippen molar-refractivity contribution in [1.29, 1.82) is 0 Å². The molecule has 1 aliphatic heterocycles. The van der Waals surface area contributed by atoms with E-state index in [2.05, 4.69) is 0 Å². The lowest BCUT2D eigenvalue weighted by Gasteiger charge is -2.19. The first-order chi connectivity index (χ1) is 9.43. The third-order valence-corrected chi connectivity index (χ3v) is 5.96. The number of nitrogens with zero attached hydrogens (tertiary/aromatic N) is 2. The molecular formula is C11H15N3O4S2. The monoisotopic (exact) mass is 317 g/mol. The van der Waals surface area contributed by atoms with Crippen molar-refractivity contribution in [1.82, 2.24) is 4.31 Å². The molecule has 1 fully saturated rings. The normalized spacial score (nSPS) is 17.6. The number of thioether (sulfide) groups is 1. The van der Waals surface area contributed by atoms with Gasteiger partial charge in [-0.25, -0.2) is 8.42 Å². The first-order valence-electron chi connectivity index (χ1n) is 6.05. The van der Waals surface area contributed by atoms with Gasteiger partial charge in [0.1, 0.15) is 5.69 Å². The van der Waals surface area contributed by atoms with E-state index in [0.29, 0.717) is 13.1 Å². The summed E-state index contributed by atoms with van der Waals surface area (Å²) in [5, 5.41) is 10.7. The molecule has 1 aromatic rings. The van der Waals surface area contributed by atoms with Gasteiger partial charge in [-0.15, -0.1) is 0 Å². The molecule has 0 saturated carbocycles. The Kier molecular flexibility index (Phi) is 4.51. The Balaban J connectivity index is 2.34. The van der Waals surface area contributed by atoms with Crippen LogP contribution in [0.15, 0.2) is 23.1 Å². The van der Waals surface area contributed by atoms with E-state index < -0.39 is 14.9 Å². The number of nitrogens with two attached hydrogens (primary N) is 1. The average molecular weight is 317 g/mol. The quantitative estimate of drug-likeness (QED) is 0.511. The summed E-state index contributed by atoms with van der Waals surface area (Å²) in [7, 11) is -3.63. The van der Waals surface area contributed by atoms with Gasteiger partial charge in [0.2, 0.25) is 10.0 Å². The van der Waals surface area contributed by atoms with E-state index in [9.17, 15) is 18.5 Å². The van der Waals surface area contributed by atoms with E-state index in [-0.39, 0.29) is 16.3 Å². The molecule has 1 aliphatic rings. The second-order valence-corrected chi connectivity index (χ2v) is 7.51. The van der Waals surface area contributed by atoms with Crippen molar-refractivity contribution < 1.29 is 13.3 Å². The van der Waals surface area contributed by atoms with Gasteiger partial charge in [-0.05, 0) is 24.3 Å². The van der Waals surface area contributed by atoms with Crippen molar-refractivity contribution >= 4 is 33.2 Å². The van der Waals surface area contributed by atoms with E-state index >= 15 is 0 Å². The van der Waals surface area contributed by atoms with Crippen LogP contribution in [-0.2, 0) is 10.0 Å². The average Bonchev–Trinajstić information content (AvgIpc) is 2.67. The molecule has 0 aliphatic carbocycles. The minimum Gasteiger partial charge on any atom is -0.393 e. The number of nitrogen functional groups attached to an aromatic ring is 1. The molecule has 9 heteroatoms. The fourth-order valence-electron chi connectivity index (χ4n) is 1.97. The highest BCUT2D eigenvalue weighted by molar-refractivity contribution is 7.99. The van der Waals surface area contributed by atoms with Crippen LogP contribution < -0.4 is 5.73 Å². The molecule has 0 amide bonds. The topological polar surface area (TPSA) is 107 Å². The fourth-order valence-corrected chi connectivity index (χ4v) is 4.49. The third-order valence-electron chi connectivity index (χ3n) is 3.01. The van der Waals surface area contributed by atoms with Crippen molar-refractivity contribution in [2.45, 2.75) is 11.3 Å². The van der Waals surface area contributed by atoms with Crippen LogP contribution in [0.4, 0.5) is 11.4 Å². The smallest absolute Gasteiger partial charge is 0.292 e. The summed E-state index contributed by atoms with van der Waals surface area (Å²) in [6.07, 6.45) is 0.798. The molecule has 0 aromatic heterocycles. The molecule has 1 heterocycles. The van der Waals surface area contributed by atoms with Crippen molar-refractivity contribution in [2.75, 3.05) is 30.3 Å². The summed E-state index contributed by atoms with van der Waals surface area (Å²) < 4.78 is 26.3. The predicted octanol–water partition coefficient (Wildman–Crippen LogP) is 1.30. The number of hydrogen-bond donors (Lipinski definition) is 1. The van der Waals surface area contributed by atoms with Crippen LogP contribution >= 0.6 is 11.8 Å². The molecule has 2 N–H and O–H groups in total. The van der Waals surface area contributed by atoms with Gasteiger partial charge in [-0.2, -0.15) is 16.1 Å². The number of rotatable bonds is 3. The van der Waals surface area contributed by atoms with Crippen LogP contribution in [0.3, 0.4) is 0 Å². The van der Waals surface area contributed by atoms with Crippen LogP contribution in [0, 0.1) is 10.1 Å². The van der Waals surface area contributed by atoms with Gasteiger partial charge in [-0.3, -0.25) is 10.1 Å². The van der Waals surface area contributed by atoms with Crippen LogP contribution in [-0.4, -0.2) is 42.2 Å². The minimum atomic E-state index is -3.63. The van der Waals surface area contributed by atoms with E-state index in [1.54, 1.807) is 11.8 Å². The van der Waals surface area contributed by atoms with E-state index in [0.717, 1.165) is 30.1 Å². The summed E-state index contributed by atoms with van der Waals surface area (Å²) in [6, 6.07) is 3.53. The van der Waals surface area contributed by atoms with Gasteiger partial charge in [0, 0.05) is 24.9 Å². The molecule has 0 radical (unpaired) electrons. The molecular weight excluding hydrogens is 302 g/mol. The lowest BCUT2D eigenvalue weighted by molar-refractivity contribution is -0.383. The zero-order chi connectivity index (χ0) is 14.8. The Morgan fingerprint density at radius 3 is 2.70 bits per heavy atom. The van der Waals surface area contributed by atoms with Crippen LogP contribution in [0.2, 0.25) is 0 Å². The fraction of sp³-hybridized carbons (Fsp3) is 0.455. The summed E-state index contributed by atoms with van der Waals surface area (Å²) in [4.78, 5) is 10.1. The number of nitro benzene ring substituents is 1. The van der Waals surface area contributed by atoms with Crippen molar-refractivity contribution in [3.8, 4) is 0 Å². The molecule has 0 spiro atoms. The van der Waals surface area contributed by atoms with Gasteiger partial charge in [-0.1, -0.05) is 0 Å². The maximum absolute atomic E-state index is 12.5. The molecule has 1 saturated heterocycles. The summed E-state index contributed by atoms with van der Waals surface area (Å²) in [5.41, 5.74) is 5.13. The van der Waals surface area contributed by atoms with Crippen molar-refractivity contribution in [3.05, 3.63) is 28.3 Å². The largest absolute Gasteiger partial charge is 0.393 e. The summed E-state index contributed by atoms with van der Waals surface area (Å²) in [6.45, 7) is 0.913. The van der Waals surface area contributed by atoms with Gasteiger partial charge in [0.15, 0.2) is 0 Å². The minimum absolute atomic E-state index is 0.00694. The molecule has 7 nitrogen and oxygen atoms in total. The van der Waals surface area contributed by atoms with Gasteiger partial charge < -0.3 is 5.73 Å². The van der Waals surface area contributed by atoms with Gasteiger partial charge in [0.05, 0.1) is 9.82 Å². The summed E-state index contributed by atoms with van der Waals surface area (Å²) >= 11 is 1.72. The van der Waals surface area contributed by atoms with E-state index in [1.807, 2.05) is 0 Å². The SMILES string of the molecule is Nc1cc(S(=O)(=O)N2CCCSCC2)ccc1[N+](=O)[O-]. The van der Waals surface area contributed by atoms with Crippen molar-refractivity contribution in [3.63, 3.8) is 0 Å². The van der Waals surface area contributed by atoms with Gasteiger partial charge in [0.25, 0.3) is 5.69 Å². The van der Waals surface area contributed by atoms with E-state index in [4.69, 9.17) is 5.73 Å². The highest BCUT2D eigenvalue weighted by Gasteiger charge is 2.26. The second kappa shape index (κ2) is 5.98. The molecule has 110 valence electrons. The number of sulfonamides is 1. The maximum atomic E-state index is 12.5. The Morgan fingerprint density at radius 1 is 1.30 bits per heavy atom. The Hall–Kier alpha value is -1.32. The number of hydrogen-bond acceptors (Lipinski definition) is 6. The third kappa shape index (κ3) is 3.05. The van der Waals surface area contributed by atoms with Crippen LogP contribution in [0.25, 0.3) is 0 Å². The number of benzene rings is 1. The Morgan fingerprint density at radius 2 is 2.05 bits per heavy atom. The highest BCUT2D eigenvalue weighted by Crippen LogP contribution is 2.27. The maximum Gasteiger partial charge on any atom is 0.292 e. The zero-order valence-corrected chi connectivity index (χ0v) is 12.3. The first kappa shape index (κ1) is 15.1. The van der Waals surface area contributed by atoms with Gasteiger partial charge >= 0.3 is 0 Å². The van der Waals surface area contributed by atoms with Crippen LogP contribution in [0.1, 0.15) is 6.42 Å². The molecule has 0 atom stereocenters. The predicted molar refractivity (Wildman–Crippen MR) is 78.2 cm³/mol. The molecule has 20 heavy (non-hydrogen) atoms. The first-order valence-corrected chi connectivity index (χ1v) is 8.64. The molecule has 1 aromatic carbocycles. The second-order valence-electron chi connectivity index (χ2n) is 4.35. The summed E-state index contributed by atoms with van der Waals surface area (Å²) in [5.74, 6) is 1.69. The Bertz CT molecular complexity index is 610. The number of anilines is 1.